The van der Waals surface area contributed by atoms with Gasteiger partial charge in [0.25, 0.3) is 0 Å². The number of nitrogens with zero attached hydrogens (tertiary/aromatic N) is 1. The highest BCUT2D eigenvalue weighted by molar-refractivity contribution is 5.78. The highest BCUT2D eigenvalue weighted by Crippen LogP contribution is 2.42. The fraction of sp³-hybridized carbons (Fsp3) is 0.667. The Morgan fingerprint density at radius 1 is 1.47 bits per heavy atom. The van der Waals surface area contributed by atoms with Crippen LogP contribution in [0.2, 0.25) is 0 Å². The number of fused-ring (bicyclic) bond motifs is 1. The standard InChI is InChI=1S/C15H23N3O/c1-9-4-11-12(16)6-15(2,3)7-13(11)18(9)10-5-14(19)17-8-10/h4,10,12H,5-8,16H2,1-3H3,(H,17,19). The summed E-state index contributed by atoms with van der Waals surface area (Å²) in [5, 5.41) is 2.93. The molecule has 0 bridgehead atoms. The largest absolute Gasteiger partial charge is 0.354 e. The molecule has 19 heavy (non-hydrogen) atoms. The predicted octanol–water partition coefficient (Wildman–Crippen LogP) is 1.83. The second-order valence-corrected chi connectivity index (χ2v) is 6.87. The Bertz CT molecular complexity index is 530. The molecule has 0 radical (unpaired) electrons. The van der Waals surface area contributed by atoms with Crippen LogP contribution in [0.15, 0.2) is 6.07 Å². The van der Waals surface area contributed by atoms with Crippen molar-refractivity contribution in [1.29, 1.82) is 0 Å². The Morgan fingerprint density at radius 3 is 2.84 bits per heavy atom. The first-order valence-corrected chi connectivity index (χ1v) is 7.10. The molecule has 1 aliphatic carbocycles. The van der Waals surface area contributed by atoms with Crippen molar-refractivity contribution in [3.05, 3.63) is 23.0 Å². The Labute approximate surface area is 114 Å². The molecular weight excluding hydrogens is 238 g/mol. The lowest BCUT2D eigenvalue weighted by molar-refractivity contribution is -0.119. The predicted molar refractivity (Wildman–Crippen MR) is 74.9 cm³/mol. The zero-order valence-electron chi connectivity index (χ0n) is 12.0. The minimum Gasteiger partial charge on any atom is -0.354 e. The fourth-order valence-corrected chi connectivity index (χ4v) is 3.75. The number of nitrogens with two attached hydrogens (primary N) is 1. The quantitative estimate of drug-likeness (QED) is 0.810. The maximum atomic E-state index is 11.5. The third-order valence-electron chi connectivity index (χ3n) is 4.51. The average molecular weight is 261 g/mol. The van der Waals surface area contributed by atoms with Crippen LogP contribution in [0, 0.1) is 12.3 Å². The lowest BCUT2D eigenvalue weighted by atomic mass is 9.74. The van der Waals surface area contributed by atoms with Crippen molar-refractivity contribution < 1.29 is 4.79 Å². The third-order valence-corrected chi connectivity index (χ3v) is 4.51. The van der Waals surface area contributed by atoms with Crippen molar-refractivity contribution in [3.63, 3.8) is 0 Å². The molecule has 1 saturated heterocycles. The highest BCUT2D eigenvalue weighted by Gasteiger charge is 2.35. The van der Waals surface area contributed by atoms with E-state index in [-0.39, 0.29) is 23.4 Å². The molecular formula is C15H23N3O. The van der Waals surface area contributed by atoms with E-state index in [4.69, 9.17) is 5.73 Å². The van der Waals surface area contributed by atoms with E-state index >= 15 is 0 Å². The van der Waals surface area contributed by atoms with Crippen LogP contribution in [0.5, 0.6) is 0 Å². The smallest absolute Gasteiger partial charge is 0.222 e. The molecule has 3 N–H and O–H groups in total. The van der Waals surface area contributed by atoms with Crippen LogP contribution in [-0.2, 0) is 11.2 Å². The van der Waals surface area contributed by atoms with Gasteiger partial charge < -0.3 is 15.6 Å². The number of aromatic nitrogens is 1. The van der Waals surface area contributed by atoms with Crippen LogP contribution < -0.4 is 11.1 Å². The fourth-order valence-electron chi connectivity index (χ4n) is 3.75. The van der Waals surface area contributed by atoms with Gasteiger partial charge in [0.2, 0.25) is 5.91 Å². The lowest BCUT2D eigenvalue weighted by Crippen LogP contribution is -2.31. The zero-order valence-corrected chi connectivity index (χ0v) is 12.0. The second-order valence-electron chi connectivity index (χ2n) is 6.87. The number of amides is 1. The second kappa shape index (κ2) is 4.10. The van der Waals surface area contributed by atoms with E-state index in [0.717, 1.165) is 19.4 Å². The van der Waals surface area contributed by atoms with E-state index in [9.17, 15) is 4.79 Å². The molecule has 3 rings (SSSR count). The summed E-state index contributed by atoms with van der Waals surface area (Å²) in [5.41, 5.74) is 10.4. The summed E-state index contributed by atoms with van der Waals surface area (Å²) in [7, 11) is 0. The van der Waals surface area contributed by atoms with E-state index in [1.165, 1.54) is 17.0 Å². The van der Waals surface area contributed by atoms with Gasteiger partial charge in [-0.3, -0.25) is 4.79 Å². The third kappa shape index (κ3) is 2.08. The molecule has 1 amide bonds. The number of carbonyl (C=O) groups is 1. The molecule has 1 aromatic heterocycles. The molecule has 2 atom stereocenters. The summed E-state index contributed by atoms with van der Waals surface area (Å²) in [6, 6.07) is 2.61. The van der Waals surface area contributed by atoms with E-state index in [1.54, 1.807) is 0 Å². The molecule has 0 saturated carbocycles. The normalized spacial score (nSPS) is 29.2. The average Bonchev–Trinajstić information content (AvgIpc) is 2.81. The Balaban J connectivity index is 2.04. The van der Waals surface area contributed by atoms with Gasteiger partial charge in [-0.1, -0.05) is 13.8 Å². The Morgan fingerprint density at radius 2 is 2.21 bits per heavy atom. The maximum Gasteiger partial charge on any atom is 0.222 e. The summed E-state index contributed by atoms with van der Waals surface area (Å²) < 4.78 is 2.36. The van der Waals surface area contributed by atoms with Crippen molar-refractivity contribution in [2.24, 2.45) is 11.1 Å². The summed E-state index contributed by atoms with van der Waals surface area (Å²) in [6.45, 7) is 7.43. The van der Waals surface area contributed by atoms with Crippen LogP contribution in [-0.4, -0.2) is 17.0 Å². The van der Waals surface area contributed by atoms with E-state index in [1.807, 2.05) is 0 Å². The van der Waals surface area contributed by atoms with Gasteiger partial charge in [-0.25, -0.2) is 0 Å². The van der Waals surface area contributed by atoms with Gasteiger partial charge in [-0.15, -0.1) is 0 Å². The molecule has 1 aliphatic heterocycles. The molecule has 1 aromatic rings. The minimum absolute atomic E-state index is 0.128. The van der Waals surface area contributed by atoms with Crippen molar-refractivity contribution in [2.75, 3.05) is 6.54 Å². The lowest BCUT2D eigenvalue weighted by Gasteiger charge is -2.35. The summed E-state index contributed by atoms with van der Waals surface area (Å²) in [6.07, 6.45) is 2.68. The van der Waals surface area contributed by atoms with Crippen molar-refractivity contribution in [1.82, 2.24) is 9.88 Å². The van der Waals surface area contributed by atoms with Gasteiger partial charge in [-0.2, -0.15) is 0 Å². The number of carbonyl (C=O) groups excluding carboxylic acids is 1. The summed E-state index contributed by atoms with van der Waals surface area (Å²) >= 11 is 0. The SMILES string of the molecule is Cc1cc2c(n1C1CNC(=O)C1)CC(C)(C)CC2N. The molecule has 2 heterocycles. The highest BCUT2D eigenvalue weighted by atomic mass is 16.1. The van der Waals surface area contributed by atoms with Gasteiger partial charge in [-0.05, 0) is 36.8 Å². The molecule has 104 valence electrons. The minimum atomic E-state index is 0.128. The van der Waals surface area contributed by atoms with Crippen LogP contribution in [0.4, 0.5) is 0 Å². The molecule has 4 nitrogen and oxygen atoms in total. The number of hydrogen-bond acceptors (Lipinski definition) is 2. The van der Waals surface area contributed by atoms with E-state index in [2.05, 4.69) is 36.7 Å². The maximum absolute atomic E-state index is 11.5. The van der Waals surface area contributed by atoms with Crippen LogP contribution in [0.25, 0.3) is 0 Å². The Hall–Kier alpha value is -1.29. The molecule has 0 spiro atoms. The van der Waals surface area contributed by atoms with Gasteiger partial charge in [0.15, 0.2) is 0 Å². The van der Waals surface area contributed by atoms with Crippen molar-refractivity contribution in [2.45, 2.75) is 52.1 Å². The Kier molecular flexibility index (Phi) is 2.75. The number of hydrogen-bond donors (Lipinski definition) is 2. The van der Waals surface area contributed by atoms with Gasteiger partial charge in [0.1, 0.15) is 0 Å². The van der Waals surface area contributed by atoms with Crippen LogP contribution in [0.3, 0.4) is 0 Å². The van der Waals surface area contributed by atoms with E-state index in [0.29, 0.717) is 6.42 Å². The first-order chi connectivity index (χ1) is 8.87. The molecule has 4 heteroatoms. The van der Waals surface area contributed by atoms with Gasteiger partial charge in [0, 0.05) is 30.4 Å². The topological polar surface area (TPSA) is 60.0 Å². The first kappa shape index (κ1) is 12.7. The van der Waals surface area contributed by atoms with Crippen LogP contribution >= 0.6 is 0 Å². The monoisotopic (exact) mass is 261 g/mol. The number of nitrogens with one attached hydrogen (secondary N) is 1. The molecule has 2 unspecified atom stereocenters. The van der Waals surface area contributed by atoms with Crippen molar-refractivity contribution in [3.8, 4) is 0 Å². The van der Waals surface area contributed by atoms with Gasteiger partial charge >= 0.3 is 0 Å². The number of aryl methyl sites for hydroxylation is 1. The molecule has 2 aliphatic rings. The number of rotatable bonds is 1. The summed E-state index contributed by atoms with van der Waals surface area (Å²) in [4.78, 5) is 11.5. The molecule has 1 fully saturated rings. The van der Waals surface area contributed by atoms with Crippen LogP contribution in [0.1, 0.15) is 55.7 Å². The van der Waals surface area contributed by atoms with Gasteiger partial charge in [0.05, 0.1) is 6.04 Å². The van der Waals surface area contributed by atoms with Crippen molar-refractivity contribution >= 4 is 5.91 Å². The molecule has 0 aromatic carbocycles. The zero-order chi connectivity index (χ0) is 13.8. The van der Waals surface area contributed by atoms with E-state index < -0.39 is 0 Å². The first-order valence-electron chi connectivity index (χ1n) is 7.10. The summed E-state index contributed by atoms with van der Waals surface area (Å²) in [5.74, 6) is 0.159.